The molecule has 0 aliphatic carbocycles. The summed E-state index contributed by atoms with van der Waals surface area (Å²) >= 11 is 5.33. The predicted octanol–water partition coefficient (Wildman–Crippen LogP) is 0.00100. The van der Waals surface area contributed by atoms with Gasteiger partial charge in [0.15, 0.2) is 0 Å². The Kier molecular flexibility index (Phi) is 5.06. The van der Waals surface area contributed by atoms with Gasteiger partial charge in [-0.05, 0) is 0 Å². The summed E-state index contributed by atoms with van der Waals surface area (Å²) in [6.07, 6.45) is 0. The van der Waals surface area contributed by atoms with Crippen LogP contribution >= 0.6 is 11.6 Å². The van der Waals surface area contributed by atoms with E-state index in [-0.39, 0.29) is 6.03 Å². The van der Waals surface area contributed by atoms with Crippen molar-refractivity contribution in [2.45, 2.75) is 0 Å². The Morgan fingerprint density at radius 2 is 2.20 bits per heavy atom. The summed E-state index contributed by atoms with van der Waals surface area (Å²) in [7, 11) is 3.47. The van der Waals surface area contributed by atoms with Crippen molar-refractivity contribution in [3.8, 4) is 0 Å². The molecule has 0 radical (unpaired) electrons. The summed E-state index contributed by atoms with van der Waals surface area (Å²) in [5, 5.41) is 4.10. The van der Waals surface area contributed by atoms with Gasteiger partial charge in [0.2, 0.25) is 0 Å². The molecule has 2 amide bonds. The molecule has 0 rings (SSSR count). The molecule has 2 N–H and O–H groups in total. The molecule has 0 aromatic carbocycles. The summed E-state index contributed by atoms with van der Waals surface area (Å²) < 4.78 is 0. The zero-order chi connectivity index (χ0) is 7.98. The number of amides is 2. The normalized spacial score (nSPS) is 9.60. The third-order valence-electron chi connectivity index (χ3n) is 0.705. The van der Waals surface area contributed by atoms with Crippen LogP contribution in [0.1, 0.15) is 0 Å². The van der Waals surface area contributed by atoms with Gasteiger partial charge in [-0.1, -0.05) is 0 Å². The summed E-state index contributed by atoms with van der Waals surface area (Å²) in [4.78, 5) is 10.7. The van der Waals surface area contributed by atoms with Crippen molar-refractivity contribution < 1.29 is 4.79 Å². The number of carbonyl (C=O) groups excluding carboxylic acids is 1. The van der Waals surface area contributed by atoms with Crippen LogP contribution in [0.4, 0.5) is 4.79 Å². The first-order valence-corrected chi connectivity index (χ1v) is 3.48. The van der Waals surface area contributed by atoms with Gasteiger partial charge in [0.05, 0.1) is 0 Å². The molecule has 4 nitrogen and oxygen atoms in total. The first-order valence-electron chi connectivity index (χ1n) is 2.94. The fourth-order valence-corrected chi connectivity index (χ4v) is 0.498. The van der Waals surface area contributed by atoms with Crippen LogP contribution in [0.3, 0.4) is 0 Å². The van der Waals surface area contributed by atoms with Crippen molar-refractivity contribution in [2.24, 2.45) is 0 Å². The maximum Gasteiger partial charge on any atom is 0.329 e. The highest BCUT2D eigenvalue weighted by Crippen LogP contribution is 1.71. The van der Waals surface area contributed by atoms with Crippen molar-refractivity contribution in [2.75, 3.05) is 26.5 Å². The quantitative estimate of drug-likeness (QED) is 0.457. The highest BCUT2D eigenvalue weighted by Gasteiger charge is 1.96. The van der Waals surface area contributed by atoms with E-state index < -0.39 is 0 Å². The fourth-order valence-electron chi connectivity index (χ4n) is 0.403. The zero-order valence-corrected chi connectivity index (χ0v) is 6.90. The summed E-state index contributed by atoms with van der Waals surface area (Å²) in [5.74, 6) is 0.431. The summed E-state index contributed by atoms with van der Waals surface area (Å²) in [5.41, 5.74) is 2.50. The van der Waals surface area contributed by atoms with Gasteiger partial charge < -0.3 is 5.32 Å². The number of hydrogen-bond donors (Lipinski definition) is 2. The van der Waals surface area contributed by atoms with Crippen LogP contribution in [0, 0.1) is 0 Å². The second-order valence-corrected chi connectivity index (χ2v) is 2.33. The molecule has 0 spiro atoms. The molecular weight excluding hydrogens is 154 g/mol. The molecule has 60 valence electrons. The van der Waals surface area contributed by atoms with E-state index >= 15 is 0 Å². The molecule has 0 heterocycles. The lowest BCUT2D eigenvalue weighted by molar-refractivity contribution is 0.213. The molecule has 0 aromatic heterocycles. The molecule has 0 atom stereocenters. The molecule has 0 unspecified atom stereocenters. The van der Waals surface area contributed by atoms with Gasteiger partial charge in [-0.15, -0.1) is 11.6 Å². The number of alkyl halides is 1. The van der Waals surface area contributed by atoms with Gasteiger partial charge in [-0.2, -0.15) is 0 Å². The molecule has 0 saturated heterocycles. The minimum atomic E-state index is -0.231. The van der Waals surface area contributed by atoms with Crippen molar-refractivity contribution in [1.29, 1.82) is 0 Å². The lowest BCUT2D eigenvalue weighted by Crippen LogP contribution is -2.43. The Labute approximate surface area is 65.5 Å². The smallest absolute Gasteiger partial charge is 0.329 e. The first kappa shape index (κ1) is 9.52. The Hall–Kier alpha value is -0.480. The zero-order valence-electron chi connectivity index (χ0n) is 6.15. The third kappa shape index (κ3) is 5.65. The number of hydrogen-bond acceptors (Lipinski definition) is 2. The summed E-state index contributed by atoms with van der Waals surface area (Å²) in [6.45, 7) is 0.487. The van der Waals surface area contributed by atoms with E-state index in [1.54, 1.807) is 19.1 Å². The van der Waals surface area contributed by atoms with Gasteiger partial charge in [0.25, 0.3) is 0 Å². The van der Waals surface area contributed by atoms with Crippen LogP contribution in [-0.4, -0.2) is 37.6 Å². The highest BCUT2D eigenvalue weighted by atomic mass is 35.5. The number of nitrogens with zero attached hydrogens (tertiary/aromatic N) is 1. The molecule has 0 fully saturated rings. The van der Waals surface area contributed by atoms with Gasteiger partial charge >= 0.3 is 6.03 Å². The monoisotopic (exact) mass is 165 g/mol. The van der Waals surface area contributed by atoms with E-state index in [1.165, 1.54) is 0 Å². The van der Waals surface area contributed by atoms with Gasteiger partial charge in [-0.3, -0.25) is 5.43 Å². The van der Waals surface area contributed by atoms with Crippen LogP contribution < -0.4 is 10.7 Å². The number of carbonyl (C=O) groups is 1. The van der Waals surface area contributed by atoms with Gasteiger partial charge in [0, 0.05) is 26.5 Å². The Morgan fingerprint density at radius 3 is 2.60 bits per heavy atom. The number of rotatable bonds is 3. The highest BCUT2D eigenvalue weighted by molar-refractivity contribution is 6.18. The van der Waals surface area contributed by atoms with Crippen molar-refractivity contribution in [3.05, 3.63) is 0 Å². The molecular formula is C5H12ClN3O. The number of halogens is 1. The average Bonchev–Trinajstić information content (AvgIpc) is 1.82. The van der Waals surface area contributed by atoms with Crippen molar-refractivity contribution in [1.82, 2.24) is 15.8 Å². The molecule has 0 saturated carbocycles. The maximum atomic E-state index is 10.7. The molecule has 0 bridgehead atoms. The number of nitrogens with one attached hydrogen (secondary N) is 2. The average molecular weight is 166 g/mol. The van der Waals surface area contributed by atoms with E-state index in [0.29, 0.717) is 12.4 Å². The fraction of sp³-hybridized carbons (Fsp3) is 0.800. The maximum absolute atomic E-state index is 10.7. The first-order chi connectivity index (χ1) is 4.66. The van der Waals surface area contributed by atoms with Crippen LogP contribution in [0.2, 0.25) is 0 Å². The van der Waals surface area contributed by atoms with Crippen molar-refractivity contribution in [3.63, 3.8) is 0 Å². The molecule has 5 heteroatoms. The second kappa shape index (κ2) is 5.32. The van der Waals surface area contributed by atoms with Gasteiger partial charge in [0.1, 0.15) is 0 Å². The topological polar surface area (TPSA) is 44.4 Å². The largest absolute Gasteiger partial charge is 0.336 e. The Bertz CT molecular complexity index is 107. The molecule has 0 aromatic rings. The van der Waals surface area contributed by atoms with E-state index in [4.69, 9.17) is 11.6 Å². The standard InChI is InChI=1S/C5H12ClN3O/c1-9(2)8-5(10)7-4-3-6/h3-4H2,1-2H3,(H2,7,8,10). The Balaban J connectivity index is 3.26. The van der Waals surface area contributed by atoms with Crippen LogP contribution in [0.5, 0.6) is 0 Å². The predicted molar refractivity (Wildman–Crippen MR) is 40.9 cm³/mol. The molecule has 10 heavy (non-hydrogen) atoms. The van der Waals surface area contributed by atoms with E-state index in [9.17, 15) is 4.79 Å². The third-order valence-corrected chi connectivity index (χ3v) is 0.894. The van der Waals surface area contributed by atoms with E-state index in [0.717, 1.165) is 0 Å². The summed E-state index contributed by atoms with van der Waals surface area (Å²) in [6, 6.07) is -0.231. The SMILES string of the molecule is CN(C)NC(=O)NCCCl. The molecule has 0 aliphatic rings. The minimum Gasteiger partial charge on any atom is -0.336 e. The van der Waals surface area contributed by atoms with E-state index in [2.05, 4.69) is 10.7 Å². The minimum absolute atomic E-state index is 0.231. The van der Waals surface area contributed by atoms with Crippen molar-refractivity contribution >= 4 is 17.6 Å². The van der Waals surface area contributed by atoms with Crippen LogP contribution in [0.25, 0.3) is 0 Å². The lowest BCUT2D eigenvalue weighted by atomic mass is 10.7. The van der Waals surface area contributed by atoms with Crippen LogP contribution in [-0.2, 0) is 0 Å². The second-order valence-electron chi connectivity index (χ2n) is 1.95. The number of urea groups is 1. The number of hydrazine groups is 1. The van der Waals surface area contributed by atoms with E-state index in [1.807, 2.05) is 0 Å². The van der Waals surface area contributed by atoms with Gasteiger partial charge in [-0.25, -0.2) is 9.80 Å². The lowest BCUT2D eigenvalue weighted by Gasteiger charge is -2.11. The van der Waals surface area contributed by atoms with Crippen LogP contribution in [0.15, 0.2) is 0 Å². The molecule has 0 aliphatic heterocycles. The Morgan fingerprint density at radius 1 is 1.60 bits per heavy atom.